The van der Waals surface area contributed by atoms with Crippen LogP contribution < -0.4 is 13.8 Å². The molecule has 0 aliphatic heterocycles. The molecule has 10 heteroatoms. The predicted molar refractivity (Wildman–Crippen MR) is 95.0 cm³/mol. The van der Waals surface area contributed by atoms with Gasteiger partial charge < -0.3 is 4.74 Å². The van der Waals surface area contributed by atoms with Crippen molar-refractivity contribution in [2.24, 2.45) is 0 Å². The third-order valence-corrected chi connectivity index (χ3v) is 5.70. The smallest absolute Gasteiger partial charge is 0.278 e. The first kappa shape index (κ1) is 20.7. The number of anilines is 1. The molecule has 8 nitrogen and oxygen atoms in total. The second-order valence-corrected chi connectivity index (χ2v) is 9.55. The van der Waals surface area contributed by atoms with Crippen molar-refractivity contribution in [1.29, 1.82) is 0 Å². The van der Waals surface area contributed by atoms with Crippen molar-refractivity contribution in [1.82, 2.24) is 9.03 Å². The predicted octanol–water partition coefficient (Wildman–Crippen LogP) is 0.636. The van der Waals surface area contributed by atoms with E-state index in [0.717, 1.165) is 14.9 Å². The molecule has 0 aliphatic rings. The van der Waals surface area contributed by atoms with Gasteiger partial charge in [0.2, 0.25) is 10.0 Å². The maximum absolute atomic E-state index is 12.0. The molecule has 1 aromatic rings. The topological polar surface area (TPSA) is 96.0 Å². The van der Waals surface area contributed by atoms with Gasteiger partial charge in [-0.05, 0) is 38.1 Å². The van der Waals surface area contributed by atoms with Crippen LogP contribution in [0.2, 0.25) is 0 Å². The third-order valence-electron chi connectivity index (χ3n) is 2.98. The van der Waals surface area contributed by atoms with Crippen LogP contribution in [0.1, 0.15) is 13.8 Å². The zero-order chi connectivity index (χ0) is 18.5. The third kappa shape index (κ3) is 6.27. The average molecular weight is 380 g/mol. The minimum absolute atomic E-state index is 0.0160. The van der Waals surface area contributed by atoms with Crippen LogP contribution in [0.3, 0.4) is 0 Å². The van der Waals surface area contributed by atoms with E-state index in [1.807, 2.05) is 13.8 Å². The molecular weight excluding hydrogens is 354 g/mol. The first-order chi connectivity index (χ1) is 10.9. The van der Waals surface area contributed by atoms with Gasteiger partial charge in [0.1, 0.15) is 5.75 Å². The summed E-state index contributed by atoms with van der Waals surface area (Å²) in [5.41, 5.74) is 0.442. The van der Waals surface area contributed by atoms with Crippen molar-refractivity contribution < 1.29 is 21.6 Å². The maximum atomic E-state index is 12.0. The molecule has 0 spiro atoms. The van der Waals surface area contributed by atoms with E-state index in [4.69, 9.17) is 4.74 Å². The van der Waals surface area contributed by atoms with E-state index in [1.54, 1.807) is 24.3 Å². The number of nitrogens with zero attached hydrogens (tertiary/aromatic N) is 2. The van der Waals surface area contributed by atoms with Crippen molar-refractivity contribution >= 4 is 25.9 Å². The summed E-state index contributed by atoms with van der Waals surface area (Å²) < 4.78 is 57.4. The van der Waals surface area contributed by atoms with Crippen molar-refractivity contribution in [2.45, 2.75) is 20.0 Å². The summed E-state index contributed by atoms with van der Waals surface area (Å²) in [5.74, 6) is 0.635. The number of benzene rings is 1. The van der Waals surface area contributed by atoms with Gasteiger partial charge in [0.25, 0.3) is 10.2 Å². The molecule has 1 rings (SSSR count). The van der Waals surface area contributed by atoms with Crippen LogP contribution in [-0.2, 0) is 20.2 Å². The number of sulfonamides is 1. The van der Waals surface area contributed by atoms with Gasteiger partial charge in [-0.2, -0.15) is 12.7 Å². The Morgan fingerprint density at radius 3 is 2.04 bits per heavy atom. The Morgan fingerprint density at radius 1 is 1.08 bits per heavy atom. The first-order valence-corrected chi connectivity index (χ1v) is 10.6. The Hall–Kier alpha value is -1.36. The quantitative estimate of drug-likeness (QED) is 0.679. The zero-order valence-corrected chi connectivity index (χ0v) is 16.2. The van der Waals surface area contributed by atoms with E-state index in [9.17, 15) is 16.8 Å². The van der Waals surface area contributed by atoms with E-state index in [1.165, 1.54) is 14.1 Å². The van der Waals surface area contributed by atoms with E-state index < -0.39 is 20.2 Å². The van der Waals surface area contributed by atoms with Crippen LogP contribution in [0.4, 0.5) is 5.69 Å². The van der Waals surface area contributed by atoms with Crippen LogP contribution in [-0.4, -0.2) is 60.7 Å². The lowest BCUT2D eigenvalue weighted by molar-refractivity contribution is 0.242. The van der Waals surface area contributed by atoms with Crippen LogP contribution in [0, 0.1) is 0 Å². The highest BCUT2D eigenvalue weighted by molar-refractivity contribution is 7.92. The van der Waals surface area contributed by atoms with Crippen molar-refractivity contribution in [2.75, 3.05) is 37.7 Å². The summed E-state index contributed by atoms with van der Waals surface area (Å²) in [5, 5.41) is 0. The lowest BCUT2D eigenvalue weighted by Gasteiger charge is -2.23. The van der Waals surface area contributed by atoms with Gasteiger partial charge in [0, 0.05) is 27.2 Å². The number of hydrogen-bond donors (Lipinski definition) is 1. The van der Waals surface area contributed by atoms with Crippen molar-refractivity contribution in [3.8, 4) is 5.75 Å². The van der Waals surface area contributed by atoms with Gasteiger partial charge in [-0.1, -0.05) is 0 Å². The Kier molecular flexibility index (Phi) is 7.02. The second-order valence-electron chi connectivity index (χ2n) is 5.68. The van der Waals surface area contributed by atoms with E-state index in [0.29, 0.717) is 11.4 Å². The molecule has 0 amide bonds. The highest BCUT2D eigenvalue weighted by atomic mass is 32.2. The largest absolute Gasteiger partial charge is 0.491 e. The van der Waals surface area contributed by atoms with Gasteiger partial charge in [-0.25, -0.2) is 13.1 Å². The van der Waals surface area contributed by atoms with Crippen molar-refractivity contribution in [3.63, 3.8) is 0 Å². The fraction of sp³-hybridized carbons (Fsp3) is 0.571. The Morgan fingerprint density at radius 2 is 1.62 bits per heavy atom. The Bertz CT molecular complexity index is 728. The lowest BCUT2D eigenvalue weighted by Crippen LogP contribution is -2.42. The molecule has 0 heterocycles. The molecule has 1 aromatic carbocycles. The molecule has 0 saturated carbocycles. The van der Waals surface area contributed by atoms with Gasteiger partial charge >= 0.3 is 0 Å². The molecule has 24 heavy (non-hydrogen) atoms. The minimum Gasteiger partial charge on any atom is -0.491 e. The fourth-order valence-electron chi connectivity index (χ4n) is 1.85. The normalized spacial score (nSPS) is 12.6. The summed E-state index contributed by atoms with van der Waals surface area (Å²) in [4.78, 5) is 0. The van der Waals surface area contributed by atoms with E-state index in [2.05, 4.69) is 4.72 Å². The second kappa shape index (κ2) is 8.15. The van der Waals surface area contributed by atoms with Crippen LogP contribution >= 0.6 is 0 Å². The highest BCUT2D eigenvalue weighted by Crippen LogP contribution is 2.22. The number of nitrogens with one attached hydrogen (secondary N) is 1. The minimum atomic E-state index is -3.60. The summed E-state index contributed by atoms with van der Waals surface area (Å²) >= 11 is 0. The van der Waals surface area contributed by atoms with E-state index >= 15 is 0 Å². The highest BCUT2D eigenvalue weighted by Gasteiger charge is 2.19. The molecule has 0 unspecified atom stereocenters. The first-order valence-electron chi connectivity index (χ1n) is 7.35. The maximum Gasteiger partial charge on any atom is 0.278 e. The molecule has 1 N–H and O–H groups in total. The average Bonchev–Trinajstić information content (AvgIpc) is 2.42. The van der Waals surface area contributed by atoms with Gasteiger partial charge in [0.15, 0.2) is 0 Å². The summed E-state index contributed by atoms with van der Waals surface area (Å²) in [6.45, 7) is 3.73. The standard InChI is InChI=1S/C14H25N3O5S2/c1-12(2)22-14-8-6-13(7-9-14)17(23(5,18)19)11-10-15-24(20,21)16(3)4/h6-9,12,15H,10-11H2,1-5H3. The Labute approximate surface area is 144 Å². The molecule has 138 valence electrons. The number of rotatable bonds is 9. The molecule has 0 aromatic heterocycles. The van der Waals surface area contributed by atoms with Crippen LogP contribution in [0.25, 0.3) is 0 Å². The molecule has 0 aliphatic carbocycles. The van der Waals surface area contributed by atoms with Crippen LogP contribution in [0.5, 0.6) is 5.75 Å². The molecule has 0 atom stereocenters. The zero-order valence-electron chi connectivity index (χ0n) is 14.6. The van der Waals surface area contributed by atoms with E-state index in [-0.39, 0.29) is 19.2 Å². The molecule has 0 fully saturated rings. The SMILES string of the molecule is CC(C)Oc1ccc(N(CCNS(=O)(=O)N(C)C)S(C)(=O)=O)cc1. The fourth-order valence-corrected chi connectivity index (χ4v) is 3.39. The summed E-state index contributed by atoms with van der Waals surface area (Å²) in [6, 6.07) is 6.60. The number of ether oxygens (including phenoxy) is 1. The van der Waals surface area contributed by atoms with Gasteiger partial charge in [0.05, 0.1) is 18.0 Å². The van der Waals surface area contributed by atoms with Crippen LogP contribution in [0.15, 0.2) is 24.3 Å². The summed E-state index contributed by atoms with van der Waals surface area (Å²) in [6.07, 6.45) is 1.09. The molecule has 0 saturated heterocycles. The lowest BCUT2D eigenvalue weighted by atomic mass is 10.3. The number of hydrogen-bond acceptors (Lipinski definition) is 5. The molecular formula is C14H25N3O5S2. The molecule has 0 bridgehead atoms. The monoisotopic (exact) mass is 379 g/mol. The molecule has 0 radical (unpaired) electrons. The van der Waals surface area contributed by atoms with Gasteiger partial charge in [-0.3, -0.25) is 4.31 Å². The Balaban J connectivity index is 2.87. The van der Waals surface area contributed by atoms with Gasteiger partial charge in [-0.15, -0.1) is 0 Å². The van der Waals surface area contributed by atoms with Crippen molar-refractivity contribution in [3.05, 3.63) is 24.3 Å². The summed E-state index contributed by atoms with van der Waals surface area (Å²) in [7, 11) is -4.36.